The zero-order chi connectivity index (χ0) is 35.7. The number of carbonyl (C=O) groups is 1. The lowest BCUT2D eigenvalue weighted by Crippen LogP contribution is -2.44. The number of sulfone groups is 1. The highest BCUT2D eigenvalue weighted by atomic mass is 32.2. The normalized spacial score (nSPS) is 14.1. The summed E-state index contributed by atoms with van der Waals surface area (Å²) in [7, 11) is -2.99. The maximum Gasteiger partial charge on any atom is 0.305 e. The Morgan fingerprint density at radius 1 is 1.16 bits per heavy atom. The number of carbonyl (C=O) groups excluding carboxylic acids is 1. The first-order valence-corrected chi connectivity index (χ1v) is 17.3. The number of aromatic amines is 1. The Labute approximate surface area is 285 Å². The number of rotatable bonds is 11. The fraction of sp³-hybridized carbons (Fsp3) is 0.355. The summed E-state index contributed by atoms with van der Waals surface area (Å²) in [5.41, 5.74) is -0.502. The average Bonchev–Trinajstić information content (AvgIpc) is 3.45. The van der Waals surface area contributed by atoms with Crippen molar-refractivity contribution in [3.05, 3.63) is 75.5 Å². The number of nitrogens with zero attached hydrogens (tertiary/aromatic N) is 5. The second-order valence-corrected chi connectivity index (χ2v) is 15.3. The molecule has 2 aromatic carbocycles. The number of piperidine rings is 1. The van der Waals surface area contributed by atoms with E-state index in [0.29, 0.717) is 43.3 Å². The molecule has 3 N–H and O–H groups in total. The Hall–Kier alpha value is -4.84. The van der Waals surface area contributed by atoms with Crippen molar-refractivity contribution in [3.8, 4) is 5.75 Å². The van der Waals surface area contributed by atoms with Gasteiger partial charge in [0.15, 0.2) is 32.4 Å². The molecule has 5 rings (SSSR count). The van der Waals surface area contributed by atoms with Crippen molar-refractivity contribution in [2.75, 3.05) is 30.4 Å². The van der Waals surface area contributed by atoms with Crippen LogP contribution in [-0.2, 0) is 19.4 Å². The molecular weight excluding hydrogens is 683 g/mol. The summed E-state index contributed by atoms with van der Waals surface area (Å²) >= 11 is 0.847. The van der Waals surface area contributed by atoms with Gasteiger partial charge in [-0.3, -0.25) is 20.0 Å². The average molecular weight is 717 g/mol. The fourth-order valence-corrected chi connectivity index (χ4v) is 7.77. The molecule has 4 aromatic rings. The topological polar surface area (TPSA) is 185 Å². The lowest BCUT2D eigenvalue weighted by molar-refractivity contribution is -0.387. The van der Waals surface area contributed by atoms with E-state index in [2.05, 4.69) is 25.8 Å². The number of nitro benzene ring substituents is 1. The minimum atomic E-state index is -4.46. The molecular formula is C31H34F2N8O6S2. The number of H-pyrrole nitrogens is 1. The number of nitrogens with one attached hydrogen (secondary N) is 3. The van der Waals surface area contributed by atoms with E-state index in [1.165, 1.54) is 46.1 Å². The first-order chi connectivity index (χ1) is 23.1. The molecule has 1 saturated heterocycles. The van der Waals surface area contributed by atoms with Crippen LogP contribution in [0, 0.1) is 28.7 Å². The minimum absolute atomic E-state index is 0.000308. The van der Waals surface area contributed by atoms with E-state index >= 15 is 8.78 Å². The number of anilines is 3. The number of hydrogen-bond acceptors (Lipinski definition) is 12. The standard InChI is InChI=1S/C31H34F2N8O6S2/c1-17-15-25(39-38-17)35-28-27(47-5)29(40-13-11-19(12-14-40)34-18(2)42)37-30(36-28)48-24-10-9-20(16-22(24)32)49(45,46)31(3,4)21-7-6-8-23(26(21)33)41(43)44/h6-10,15-16,19H,11-14H2,1-5H3,(H,34,42)(H2,35,36,37,38,39). The van der Waals surface area contributed by atoms with Gasteiger partial charge in [0.05, 0.1) is 26.6 Å². The van der Waals surface area contributed by atoms with E-state index in [9.17, 15) is 23.3 Å². The summed E-state index contributed by atoms with van der Waals surface area (Å²) in [5, 5.41) is 24.5. The van der Waals surface area contributed by atoms with Gasteiger partial charge < -0.3 is 20.3 Å². The van der Waals surface area contributed by atoms with Crippen LogP contribution >= 0.6 is 11.8 Å². The molecule has 0 unspecified atom stereocenters. The molecule has 260 valence electrons. The van der Waals surface area contributed by atoms with Gasteiger partial charge in [0.2, 0.25) is 17.5 Å². The molecule has 18 heteroatoms. The number of aromatic nitrogens is 4. The van der Waals surface area contributed by atoms with E-state index in [0.717, 1.165) is 35.7 Å². The first kappa shape index (κ1) is 35.5. The number of ether oxygens (including phenoxy) is 1. The van der Waals surface area contributed by atoms with Gasteiger partial charge in [-0.1, -0.05) is 12.1 Å². The van der Waals surface area contributed by atoms with Crippen LogP contribution < -0.4 is 20.3 Å². The molecule has 0 aliphatic carbocycles. The number of hydrogen-bond donors (Lipinski definition) is 3. The van der Waals surface area contributed by atoms with Gasteiger partial charge in [-0.15, -0.1) is 0 Å². The van der Waals surface area contributed by atoms with Crippen LogP contribution in [0.5, 0.6) is 5.75 Å². The summed E-state index contributed by atoms with van der Waals surface area (Å²) in [5.74, 6) is -0.851. The van der Waals surface area contributed by atoms with Crippen LogP contribution in [0.25, 0.3) is 0 Å². The van der Waals surface area contributed by atoms with Crippen LogP contribution in [0.15, 0.2) is 57.4 Å². The second-order valence-electron chi connectivity index (χ2n) is 11.8. The van der Waals surface area contributed by atoms with Crippen molar-refractivity contribution >= 4 is 50.6 Å². The number of nitro groups is 1. The van der Waals surface area contributed by atoms with Crippen LogP contribution in [0.2, 0.25) is 0 Å². The van der Waals surface area contributed by atoms with E-state index in [-0.39, 0.29) is 27.8 Å². The Morgan fingerprint density at radius 2 is 1.88 bits per heavy atom. The van der Waals surface area contributed by atoms with Crippen LogP contribution in [0.1, 0.15) is 44.9 Å². The summed E-state index contributed by atoms with van der Waals surface area (Å²) in [6, 6.07) is 8.29. The quantitative estimate of drug-likeness (QED) is 0.102. The SMILES string of the molecule is COc1c(Nc2cc(C)[nH]n2)nc(Sc2ccc(S(=O)(=O)C(C)(C)c3cccc([N+](=O)[O-])c3F)cc2F)nc1N1CCC(NC(C)=O)CC1. The number of benzene rings is 2. The van der Waals surface area contributed by atoms with Crippen molar-refractivity contribution < 1.29 is 31.7 Å². The van der Waals surface area contributed by atoms with E-state index < -0.39 is 47.3 Å². The number of methoxy groups -OCH3 is 1. The van der Waals surface area contributed by atoms with Gasteiger partial charge in [0.25, 0.3) is 0 Å². The van der Waals surface area contributed by atoms with Gasteiger partial charge in [0.1, 0.15) is 5.82 Å². The molecule has 3 heterocycles. The Morgan fingerprint density at radius 3 is 2.47 bits per heavy atom. The maximum absolute atomic E-state index is 15.7. The summed E-state index contributed by atoms with van der Waals surface area (Å²) in [4.78, 5) is 32.7. The molecule has 1 aliphatic heterocycles. The predicted octanol–water partition coefficient (Wildman–Crippen LogP) is 5.41. The van der Waals surface area contributed by atoms with Gasteiger partial charge in [-0.2, -0.15) is 9.49 Å². The first-order valence-electron chi connectivity index (χ1n) is 15.0. The van der Waals surface area contributed by atoms with Crippen molar-refractivity contribution in [2.45, 2.75) is 66.3 Å². The summed E-state index contributed by atoms with van der Waals surface area (Å²) < 4.78 is 61.9. The lowest BCUT2D eigenvalue weighted by Gasteiger charge is -2.34. The zero-order valence-electron chi connectivity index (χ0n) is 27.2. The van der Waals surface area contributed by atoms with Crippen LogP contribution in [-0.4, -0.2) is 65.7 Å². The van der Waals surface area contributed by atoms with Crippen LogP contribution in [0.3, 0.4) is 0 Å². The summed E-state index contributed by atoms with van der Waals surface area (Å²) in [6.45, 7) is 6.76. The van der Waals surface area contributed by atoms with Crippen molar-refractivity contribution in [3.63, 3.8) is 0 Å². The number of amides is 1. The molecule has 0 saturated carbocycles. The second kappa shape index (κ2) is 13.9. The number of halogens is 2. The third kappa shape index (κ3) is 7.29. The van der Waals surface area contributed by atoms with Crippen molar-refractivity contribution in [1.29, 1.82) is 0 Å². The molecule has 2 aromatic heterocycles. The summed E-state index contributed by atoms with van der Waals surface area (Å²) in [6.07, 6.45) is 1.30. The highest BCUT2D eigenvalue weighted by Crippen LogP contribution is 2.42. The molecule has 49 heavy (non-hydrogen) atoms. The fourth-order valence-electron chi connectivity index (χ4n) is 5.47. The smallest absolute Gasteiger partial charge is 0.305 e. The highest BCUT2D eigenvalue weighted by molar-refractivity contribution is 7.99. The molecule has 0 atom stereocenters. The molecule has 1 aliphatic rings. The van der Waals surface area contributed by atoms with Crippen molar-refractivity contribution in [2.24, 2.45) is 0 Å². The minimum Gasteiger partial charge on any atom is -0.490 e. The third-order valence-electron chi connectivity index (χ3n) is 8.10. The van der Waals surface area contributed by atoms with E-state index in [1.807, 2.05) is 11.8 Å². The zero-order valence-corrected chi connectivity index (χ0v) is 28.8. The molecule has 0 bridgehead atoms. The third-order valence-corrected chi connectivity index (χ3v) is 11.5. The van der Waals surface area contributed by atoms with Crippen LogP contribution in [0.4, 0.5) is 31.9 Å². The number of aryl methyl sites for hydroxylation is 1. The Balaban J connectivity index is 1.48. The largest absolute Gasteiger partial charge is 0.490 e. The molecule has 14 nitrogen and oxygen atoms in total. The van der Waals surface area contributed by atoms with Gasteiger partial charge in [0, 0.05) is 49.4 Å². The monoisotopic (exact) mass is 716 g/mol. The van der Waals surface area contributed by atoms with Gasteiger partial charge in [-0.25, -0.2) is 22.8 Å². The lowest BCUT2D eigenvalue weighted by atomic mass is 10.0. The Kier molecular flexibility index (Phi) is 10.1. The Bertz CT molecular complexity index is 2020. The maximum atomic E-state index is 15.7. The molecule has 1 fully saturated rings. The molecule has 0 radical (unpaired) electrons. The predicted molar refractivity (Wildman–Crippen MR) is 178 cm³/mol. The molecule has 1 amide bonds. The molecule has 0 spiro atoms. The van der Waals surface area contributed by atoms with Gasteiger partial charge >= 0.3 is 5.69 Å². The van der Waals surface area contributed by atoms with Gasteiger partial charge in [-0.05, 0) is 63.6 Å². The highest BCUT2D eigenvalue weighted by Gasteiger charge is 2.41. The van der Waals surface area contributed by atoms with E-state index in [1.54, 1.807) is 6.07 Å². The van der Waals surface area contributed by atoms with E-state index in [4.69, 9.17) is 9.72 Å². The van der Waals surface area contributed by atoms with Crippen molar-refractivity contribution in [1.82, 2.24) is 25.5 Å².